The fourth-order valence-corrected chi connectivity index (χ4v) is 2.86. The Hall–Kier alpha value is -0.390. The van der Waals surface area contributed by atoms with Crippen LogP contribution in [0, 0.1) is 6.92 Å². The number of hydrogen-bond donors (Lipinski definition) is 1. The largest absolute Gasteiger partial charge is 0.317 e. The van der Waals surface area contributed by atoms with E-state index in [1.165, 1.54) is 5.69 Å². The summed E-state index contributed by atoms with van der Waals surface area (Å²) in [5.74, 6) is 0. The zero-order chi connectivity index (χ0) is 14.4. The Morgan fingerprint density at radius 2 is 2.00 bits per heavy atom. The molecule has 1 aromatic heterocycles. The SMILES string of the molecule is CCN(CC)CCC(Cc1c(Br)c(C)nn1C)NC. The van der Waals surface area contributed by atoms with Crippen molar-refractivity contribution in [2.75, 3.05) is 26.7 Å². The molecule has 0 bridgehead atoms. The van der Waals surface area contributed by atoms with E-state index in [2.05, 4.69) is 45.1 Å². The van der Waals surface area contributed by atoms with Gasteiger partial charge in [0.2, 0.25) is 0 Å². The van der Waals surface area contributed by atoms with Crippen LogP contribution >= 0.6 is 15.9 Å². The van der Waals surface area contributed by atoms with Crippen LogP contribution in [0.25, 0.3) is 0 Å². The van der Waals surface area contributed by atoms with Gasteiger partial charge >= 0.3 is 0 Å². The molecular weight excluding hydrogens is 304 g/mol. The summed E-state index contributed by atoms with van der Waals surface area (Å²) in [5.41, 5.74) is 2.34. The molecule has 0 amide bonds. The second-order valence-electron chi connectivity index (χ2n) is 4.97. The fourth-order valence-electron chi connectivity index (χ4n) is 2.36. The predicted octanol–water partition coefficient (Wildman–Crippen LogP) is 2.35. The molecular formula is C14H27BrN4. The highest BCUT2D eigenvalue weighted by atomic mass is 79.9. The van der Waals surface area contributed by atoms with Crippen LogP contribution < -0.4 is 5.32 Å². The zero-order valence-corrected chi connectivity index (χ0v) is 14.4. The topological polar surface area (TPSA) is 33.1 Å². The second-order valence-corrected chi connectivity index (χ2v) is 5.77. The molecule has 5 heteroatoms. The van der Waals surface area contributed by atoms with Crippen LogP contribution in [-0.4, -0.2) is 47.4 Å². The Morgan fingerprint density at radius 1 is 1.37 bits per heavy atom. The first-order chi connectivity index (χ1) is 9.03. The van der Waals surface area contributed by atoms with Crippen LogP contribution in [-0.2, 0) is 13.5 Å². The van der Waals surface area contributed by atoms with Crippen molar-refractivity contribution in [1.29, 1.82) is 0 Å². The number of aryl methyl sites for hydroxylation is 2. The lowest BCUT2D eigenvalue weighted by molar-refractivity contribution is 0.282. The van der Waals surface area contributed by atoms with Crippen LogP contribution in [0.1, 0.15) is 31.7 Å². The molecule has 0 saturated carbocycles. The van der Waals surface area contributed by atoms with Crippen LogP contribution in [0.15, 0.2) is 4.47 Å². The molecule has 4 nitrogen and oxygen atoms in total. The Bertz CT molecular complexity index is 385. The number of aromatic nitrogens is 2. The lowest BCUT2D eigenvalue weighted by Crippen LogP contribution is -2.34. The van der Waals surface area contributed by atoms with Crippen molar-refractivity contribution in [2.45, 2.75) is 39.7 Å². The quantitative estimate of drug-likeness (QED) is 0.794. The van der Waals surface area contributed by atoms with E-state index in [0.717, 1.165) is 42.6 Å². The van der Waals surface area contributed by atoms with Gasteiger partial charge in [-0.15, -0.1) is 0 Å². The van der Waals surface area contributed by atoms with E-state index in [1.54, 1.807) is 0 Å². The molecule has 0 aliphatic rings. The van der Waals surface area contributed by atoms with Crippen molar-refractivity contribution in [1.82, 2.24) is 20.0 Å². The summed E-state index contributed by atoms with van der Waals surface area (Å²) in [6, 6.07) is 0.492. The minimum atomic E-state index is 0.492. The van der Waals surface area contributed by atoms with Crippen molar-refractivity contribution in [3.8, 4) is 0 Å². The minimum absolute atomic E-state index is 0.492. The molecule has 1 N–H and O–H groups in total. The molecule has 1 rings (SSSR count). The first-order valence-electron chi connectivity index (χ1n) is 7.11. The third-order valence-electron chi connectivity index (χ3n) is 3.80. The maximum Gasteiger partial charge on any atom is 0.0738 e. The van der Waals surface area contributed by atoms with Gasteiger partial charge in [-0.05, 0) is 56.0 Å². The summed E-state index contributed by atoms with van der Waals surface area (Å²) in [6.07, 6.45) is 2.17. The Labute approximate surface area is 125 Å². The monoisotopic (exact) mass is 330 g/mol. The maximum atomic E-state index is 4.46. The third kappa shape index (κ3) is 4.58. The Morgan fingerprint density at radius 3 is 2.42 bits per heavy atom. The molecule has 0 aromatic carbocycles. The summed E-state index contributed by atoms with van der Waals surface area (Å²) >= 11 is 3.64. The van der Waals surface area contributed by atoms with Gasteiger partial charge in [0.25, 0.3) is 0 Å². The molecule has 0 fully saturated rings. The van der Waals surface area contributed by atoms with Crippen molar-refractivity contribution < 1.29 is 0 Å². The van der Waals surface area contributed by atoms with Crippen molar-refractivity contribution in [2.24, 2.45) is 7.05 Å². The molecule has 0 radical (unpaired) electrons. The van der Waals surface area contributed by atoms with Gasteiger partial charge in [0, 0.05) is 19.5 Å². The minimum Gasteiger partial charge on any atom is -0.317 e. The number of rotatable bonds is 8. The van der Waals surface area contributed by atoms with E-state index < -0.39 is 0 Å². The number of halogens is 1. The van der Waals surface area contributed by atoms with Gasteiger partial charge in [-0.2, -0.15) is 5.10 Å². The molecule has 1 unspecified atom stereocenters. The van der Waals surface area contributed by atoms with E-state index in [1.807, 2.05) is 25.7 Å². The molecule has 1 atom stereocenters. The van der Waals surface area contributed by atoms with Gasteiger partial charge < -0.3 is 10.2 Å². The average molecular weight is 331 g/mol. The first kappa shape index (κ1) is 16.7. The second kappa shape index (κ2) is 8.02. The van der Waals surface area contributed by atoms with E-state index in [-0.39, 0.29) is 0 Å². The molecule has 0 aliphatic carbocycles. The Kier molecular flexibility index (Phi) is 7.04. The summed E-state index contributed by atoms with van der Waals surface area (Å²) in [6.45, 7) is 9.88. The van der Waals surface area contributed by atoms with Gasteiger partial charge in [0.1, 0.15) is 0 Å². The third-order valence-corrected chi connectivity index (χ3v) is 4.83. The van der Waals surface area contributed by atoms with Gasteiger partial charge in [0.05, 0.1) is 15.9 Å². The van der Waals surface area contributed by atoms with Gasteiger partial charge in [0.15, 0.2) is 0 Å². The van der Waals surface area contributed by atoms with E-state index >= 15 is 0 Å². The summed E-state index contributed by atoms with van der Waals surface area (Å²) in [5, 5.41) is 7.89. The lowest BCUT2D eigenvalue weighted by Gasteiger charge is -2.22. The number of nitrogens with zero attached hydrogens (tertiary/aromatic N) is 3. The average Bonchev–Trinajstić information content (AvgIpc) is 2.64. The summed E-state index contributed by atoms with van der Waals surface area (Å²) in [7, 11) is 4.06. The Balaban J connectivity index is 2.61. The van der Waals surface area contributed by atoms with Crippen molar-refractivity contribution >= 4 is 15.9 Å². The highest BCUT2D eigenvalue weighted by Gasteiger charge is 2.16. The lowest BCUT2D eigenvalue weighted by atomic mass is 10.1. The number of hydrogen-bond acceptors (Lipinski definition) is 3. The molecule has 0 aliphatic heterocycles. The maximum absolute atomic E-state index is 4.46. The zero-order valence-electron chi connectivity index (χ0n) is 12.8. The number of nitrogens with one attached hydrogen (secondary N) is 1. The van der Waals surface area contributed by atoms with E-state index in [4.69, 9.17) is 0 Å². The molecule has 110 valence electrons. The predicted molar refractivity (Wildman–Crippen MR) is 84.6 cm³/mol. The normalized spacial score (nSPS) is 13.2. The van der Waals surface area contributed by atoms with Gasteiger partial charge in [-0.25, -0.2) is 0 Å². The molecule has 19 heavy (non-hydrogen) atoms. The highest BCUT2D eigenvalue weighted by molar-refractivity contribution is 9.10. The van der Waals surface area contributed by atoms with Crippen LogP contribution in [0.4, 0.5) is 0 Å². The van der Waals surface area contributed by atoms with Gasteiger partial charge in [-0.3, -0.25) is 4.68 Å². The summed E-state index contributed by atoms with van der Waals surface area (Å²) in [4.78, 5) is 2.47. The van der Waals surface area contributed by atoms with Crippen molar-refractivity contribution in [3.63, 3.8) is 0 Å². The van der Waals surface area contributed by atoms with Crippen molar-refractivity contribution in [3.05, 3.63) is 15.9 Å². The highest BCUT2D eigenvalue weighted by Crippen LogP contribution is 2.22. The molecule has 0 spiro atoms. The molecule has 0 saturated heterocycles. The van der Waals surface area contributed by atoms with Crippen LogP contribution in [0.5, 0.6) is 0 Å². The smallest absolute Gasteiger partial charge is 0.0738 e. The van der Waals surface area contributed by atoms with E-state index in [0.29, 0.717) is 6.04 Å². The standard InChI is InChI=1S/C14H27BrN4/c1-6-19(7-2)9-8-12(16-4)10-13-14(15)11(3)17-18(13)5/h12,16H,6-10H2,1-5H3. The molecule has 1 aromatic rings. The van der Waals surface area contributed by atoms with Gasteiger partial charge in [-0.1, -0.05) is 13.8 Å². The van der Waals surface area contributed by atoms with Crippen LogP contribution in [0.3, 0.4) is 0 Å². The number of likely N-dealkylation sites (N-methyl/N-ethyl adjacent to an activating group) is 1. The molecule has 1 heterocycles. The summed E-state index contributed by atoms with van der Waals surface area (Å²) < 4.78 is 3.14. The fraction of sp³-hybridized carbons (Fsp3) is 0.786. The first-order valence-corrected chi connectivity index (χ1v) is 7.90. The van der Waals surface area contributed by atoms with Crippen LogP contribution in [0.2, 0.25) is 0 Å². The van der Waals surface area contributed by atoms with E-state index in [9.17, 15) is 0 Å².